The molecule has 5 nitrogen and oxygen atoms in total. The molecule has 0 bridgehead atoms. The Labute approximate surface area is 128 Å². The summed E-state index contributed by atoms with van der Waals surface area (Å²) in [4.78, 5) is 27.6. The average molecular weight is 298 g/mol. The van der Waals surface area contributed by atoms with Gasteiger partial charge in [0.05, 0.1) is 6.42 Å². The van der Waals surface area contributed by atoms with Crippen LogP contribution in [0, 0.1) is 5.41 Å². The van der Waals surface area contributed by atoms with E-state index in [0.29, 0.717) is 13.0 Å². The monoisotopic (exact) mass is 298 g/mol. The topological polar surface area (TPSA) is 60.9 Å². The van der Waals surface area contributed by atoms with Crippen LogP contribution in [0.1, 0.15) is 51.9 Å². The fourth-order valence-electron chi connectivity index (χ4n) is 3.33. The Bertz CT molecular complexity index is 349. The minimum absolute atomic E-state index is 0.124. The molecular formula is C16H30N2O3. The average Bonchev–Trinajstić information content (AvgIpc) is 2.81. The van der Waals surface area contributed by atoms with E-state index in [-0.39, 0.29) is 17.7 Å². The van der Waals surface area contributed by atoms with E-state index in [2.05, 4.69) is 4.90 Å². The second kappa shape index (κ2) is 8.37. The van der Waals surface area contributed by atoms with Crippen molar-refractivity contribution >= 4 is 11.9 Å². The minimum Gasteiger partial charge on any atom is -0.481 e. The van der Waals surface area contributed by atoms with Gasteiger partial charge in [-0.15, -0.1) is 0 Å². The number of carboxylic acids is 1. The maximum absolute atomic E-state index is 12.5. The van der Waals surface area contributed by atoms with Crippen molar-refractivity contribution in [3.8, 4) is 0 Å². The first kappa shape index (κ1) is 18.0. The molecule has 0 aromatic rings. The van der Waals surface area contributed by atoms with E-state index in [0.717, 1.165) is 45.2 Å². The number of aliphatic carboxylic acids is 1. The summed E-state index contributed by atoms with van der Waals surface area (Å²) in [6, 6.07) is 0. The molecule has 0 atom stereocenters. The van der Waals surface area contributed by atoms with E-state index in [1.807, 2.05) is 25.9 Å². The standard InChI is InChI=1S/C16H30N2O3/c1-4-18(11-7-10-17(2)3)14(19)12-16(13-15(20)21)8-5-6-9-16/h4-13H2,1-3H3,(H,20,21). The van der Waals surface area contributed by atoms with E-state index >= 15 is 0 Å². The van der Waals surface area contributed by atoms with Gasteiger partial charge >= 0.3 is 5.97 Å². The molecule has 0 unspecified atom stereocenters. The van der Waals surface area contributed by atoms with Crippen molar-refractivity contribution in [2.45, 2.75) is 51.9 Å². The number of carboxylic acid groups (broad SMARTS) is 1. The summed E-state index contributed by atoms with van der Waals surface area (Å²) in [6.45, 7) is 4.42. The number of rotatable bonds is 9. The maximum atomic E-state index is 12.5. The van der Waals surface area contributed by atoms with Gasteiger partial charge in [0.1, 0.15) is 0 Å². The first-order valence-electron chi connectivity index (χ1n) is 8.03. The molecule has 0 saturated heterocycles. The number of carbonyl (C=O) groups is 2. The Hall–Kier alpha value is -1.10. The number of amides is 1. The summed E-state index contributed by atoms with van der Waals surface area (Å²) < 4.78 is 0. The van der Waals surface area contributed by atoms with E-state index in [9.17, 15) is 9.59 Å². The Balaban J connectivity index is 2.56. The SMILES string of the molecule is CCN(CCCN(C)C)C(=O)CC1(CC(=O)O)CCCC1. The molecule has 0 aromatic heterocycles. The van der Waals surface area contributed by atoms with Crippen LogP contribution in [0.4, 0.5) is 0 Å². The lowest BCUT2D eigenvalue weighted by atomic mass is 9.79. The summed E-state index contributed by atoms with van der Waals surface area (Å²) in [5.41, 5.74) is -0.294. The molecule has 0 aliphatic heterocycles. The quantitative estimate of drug-likeness (QED) is 0.709. The first-order valence-corrected chi connectivity index (χ1v) is 8.03. The third kappa shape index (κ3) is 6.04. The zero-order valence-corrected chi connectivity index (χ0v) is 13.7. The second-order valence-corrected chi connectivity index (χ2v) is 6.58. The molecule has 5 heteroatoms. The molecule has 0 heterocycles. The molecule has 21 heavy (non-hydrogen) atoms. The van der Waals surface area contributed by atoms with Gasteiger partial charge in [-0.25, -0.2) is 0 Å². The lowest BCUT2D eigenvalue weighted by Crippen LogP contribution is -2.37. The molecular weight excluding hydrogens is 268 g/mol. The summed E-state index contributed by atoms with van der Waals surface area (Å²) >= 11 is 0. The molecule has 0 radical (unpaired) electrons. The van der Waals surface area contributed by atoms with Crippen LogP contribution in [-0.2, 0) is 9.59 Å². The summed E-state index contributed by atoms with van der Waals surface area (Å²) in [7, 11) is 4.05. The molecule has 1 rings (SSSR count). The van der Waals surface area contributed by atoms with Crippen LogP contribution in [0.5, 0.6) is 0 Å². The Morgan fingerprint density at radius 3 is 2.19 bits per heavy atom. The molecule has 1 fully saturated rings. The molecule has 1 aliphatic rings. The van der Waals surface area contributed by atoms with Crippen molar-refractivity contribution in [3.05, 3.63) is 0 Å². The molecule has 1 N–H and O–H groups in total. The fraction of sp³-hybridized carbons (Fsp3) is 0.875. The third-order valence-corrected chi connectivity index (χ3v) is 4.48. The molecule has 1 aliphatic carbocycles. The van der Waals surface area contributed by atoms with Crippen LogP contribution in [0.2, 0.25) is 0 Å². The Kier molecular flexibility index (Phi) is 7.15. The van der Waals surface area contributed by atoms with E-state index in [1.54, 1.807) is 0 Å². The van der Waals surface area contributed by atoms with Crippen LogP contribution in [0.3, 0.4) is 0 Å². The van der Waals surface area contributed by atoms with Gasteiger partial charge < -0.3 is 14.9 Å². The largest absolute Gasteiger partial charge is 0.481 e. The van der Waals surface area contributed by atoms with Crippen LogP contribution < -0.4 is 0 Å². The first-order chi connectivity index (χ1) is 9.88. The maximum Gasteiger partial charge on any atom is 0.303 e. The van der Waals surface area contributed by atoms with Crippen molar-refractivity contribution < 1.29 is 14.7 Å². The number of hydrogen-bond acceptors (Lipinski definition) is 3. The molecule has 1 saturated carbocycles. The van der Waals surface area contributed by atoms with Gasteiger partial charge in [-0.05, 0) is 52.2 Å². The highest BCUT2D eigenvalue weighted by atomic mass is 16.4. The van der Waals surface area contributed by atoms with Crippen LogP contribution in [0.15, 0.2) is 0 Å². The third-order valence-electron chi connectivity index (χ3n) is 4.48. The highest BCUT2D eigenvalue weighted by Crippen LogP contribution is 2.44. The second-order valence-electron chi connectivity index (χ2n) is 6.58. The minimum atomic E-state index is -0.777. The van der Waals surface area contributed by atoms with Crippen LogP contribution in [0.25, 0.3) is 0 Å². The zero-order valence-electron chi connectivity index (χ0n) is 13.7. The molecule has 0 spiro atoms. The van der Waals surface area contributed by atoms with Crippen LogP contribution in [-0.4, -0.2) is 60.5 Å². The predicted octanol–water partition coefficient (Wildman–Crippen LogP) is 2.21. The summed E-state index contributed by atoms with van der Waals surface area (Å²) in [6.07, 6.45) is 5.34. The highest BCUT2D eigenvalue weighted by Gasteiger charge is 2.38. The smallest absolute Gasteiger partial charge is 0.303 e. The van der Waals surface area contributed by atoms with Crippen molar-refractivity contribution in [2.75, 3.05) is 33.7 Å². The van der Waals surface area contributed by atoms with Gasteiger partial charge in [-0.3, -0.25) is 9.59 Å². The van der Waals surface area contributed by atoms with E-state index in [1.165, 1.54) is 0 Å². The Morgan fingerprint density at radius 2 is 1.71 bits per heavy atom. The van der Waals surface area contributed by atoms with Gasteiger partial charge in [0, 0.05) is 19.5 Å². The molecule has 0 aromatic carbocycles. The lowest BCUT2D eigenvalue weighted by Gasteiger charge is -2.30. The van der Waals surface area contributed by atoms with Gasteiger partial charge in [0.15, 0.2) is 0 Å². The Morgan fingerprint density at radius 1 is 1.10 bits per heavy atom. The fourth-order valence-corrected chi connectivity index (χ4v) is 3.33. The van der Waals surface area contributed by atoms with Crippen LogP contribution >= 0.6 is 0 Å². The molecule has 1 amide bonds. The van der Waals surface area contributed by atoms with Crippen molar-refractivity contribution in [3.63, 3.8) is 0 Å². The van der Waals surface area contributed by atoms with Gasteiger partial charge in [-0.2, -0.15) is 0 Å². The summed E-state index contributed by atoms with van der Waals surface area (Å²) in [5, 5.41) is 9.12. The van der Waals surface area contributed by atoms with Gasteiger partial charge in [0.2, 0.25) is 5.91 Å². The van der Waals surface area contributed by atoms with Gasteiger partial charge in [0.25, 0.3) is 0 Å². The number of carbonyl (C=O) groups excluding carboxylic acids is 1. The van der Waals surface area contributed by atoms with Gasteiger partial charge in [-0.1, -0.05) is 12.8 Å². The lowest BCUT2D eigenvalue weighted by molar-refractivity contribution is -0.141. The highest BCUT2D eigenvalue weighted by molar-refractivity contribution is 5.78. The molecule has 122 valence electrons. The van der Waals surface area contributed by atoms with E-state index < -0.39 is 5.97 Å². The van der Waals surface area contributed by atoms with Crippen molar-refractivity contribution in [2.24, 2.45) is 5.41 Å². The van der Waals surface area contributed by atoms with E-state index in [4.69, 9.17) is 5.11 Å². The zero-order chi connectivity index (χ0) is 15.9. The summed E-state index contributed by atoms with van der Waals surface area (Å²) in [5.74, 6) is -0.653. The van der Waals surface area contributed by atoms with Crippen molar-refractivity contribution in [1.82, 2.24) is 9.80 Å². The van der Waals surface area contributed by atoms with Crippen molar-refractivity contribution in [1.29, 1.82) is 0 Å². The number of nitrogens with zero attached hydrogens (tertiary/aromatic N) is 2. The normalized spacial score (nSPS) is 17.1. The predicted molar refractivity (Wildman–Crippen MR) is 83.2 cm³/mol. The number of hydrogen-bond donors (Lipinski definition) is 1.